The average Bonchev–Trinajstić information content (AvgIpc) is 1.92. The quantitative estimate of drug-likeness (QED) is 0.556. The van der Waals surface area contributed by atoms with Crippen LogP contribution in [0.25, 0.3) is 0 Å². The summed E-state index contributed by atoms with van der Waals surface area (Å²) in [5, 5.41) is 0. The van der Waals surface area contributed by atoms with Gasteiger partial charge >= 0.3 is 0 Å². The first kappa shape index (κ1) is 7.03. The minimum absolute atomic E-state index is 0. The maximum Gasteiger partial charge on any atom is 0.0232 e. The van der Waals surface area contributed by atoms with Crippen LogP contribution in [0.4, 0.5) is 0 Å². The van der Waals surface area contributed by atoms with Gasteiger partial charge in [0.15, 0.2) is 0 Å². The number of thioether (sulfide) groups is 1. The van der Waals surface area contributed by atoms with Gasteiger partial charge in [-0.25, -0.2) is 0 Å². The van der Waals surface area contributed by atoms with E-state index in [-0.39, 0.29) is 13.5 Å². The topological polar surface area (TPSA) is 0 Å². The Balaban J connectivity index is 0.000000405. The average molecular weight is 156 g/mol. The number of hydrogen-bond donors (Lipinski definition) is 0. The molecular weight excluding hydrogens is 148 g/mol. The van der Waals surface area contributed by atoms with Crippen LogP contribution in [0.1, 0.15) is 5.56 Å². The fourth-order valence-corrected chi connectivity index (χ4v) is 1.70. The molecular formula is C7H8S2. The van der Waals surface area contributed by atoms with E-state index < -0.39 is 0 Å². The van der Waals surface area contributed by atoms with Crippen molar-refractivity contribution in [1.29, 1.82) is 0 Å². The predicted molar refractivity (Wildman–Crippen MR) is 46.4 cm³/mol. The zero-order chi connectivity index (χ0) is 5.40. The summed E-state index contributed by atoms with van der Waals surface area (Å²) < 4.78 is 0. The maximum atomic E-state index is 2.19. The largest absolute Gasteiger partial charge is 0.197 e. The van der Waals surface area contributed by atoms with E-state index in [1.54, 1.807) is 0 Å². The smallest absolute Gasteiger partial charge is 0.0232 e. The molecule has 0 amide bonds. The van der Waals surface area contributed by atoms with Crippen molar-refractivity contribution >= 4 is 25.3 Å². The second kappa shape index (κ2) is 2.67. The van der Waals surface area contributed by atoms with Crippen LogP contribution in [0.5, 0.6) is 0 Å². The number of fused-ring (bicyclic) bond motifs is 3. The Morgan fingerprint density at radius 1 is 1.11 bits per heavy atom. The van der Waals surface area contributed by atoms with E-state index in [2.05, 4.69) is 24.3 Å². The summed E-state index contributed by atoms with van der Waals surface area (Å²) in [6, 6.07) is 8.71. The van der Waals surface area contributed by atoms with Gasteiger partial charge in [-0.05, 0) is 17.7 Å². The minimum Gasteiger partial charge on any atom is -0.197 e. The normalized spacial score (nSPS) is 12.9. The SMILES string of the molecule is S.c1cc2ccc1CS2. The molecule has 0 saturated carbocycles. The highest BCUT2D eigenvalue weighted by Crippen LogP contribution is 2.28. The highest BCUT2D eigenvalue weighted by molar-refractivity contribution is 7.98. The molecule has 0 atom stereocenters. The molecule has 2 bridgehead atoms. The Morgan fingerprint density at radius 2 is 1.78 bits per heavy atom. The first-order chi connectivity index (χ1) is 3.95. The van der Waals surface area contributed by atoms with Gasteiger partial charge in [-0.1, -0.05) is 12.1 Å². The number of hydrogen-bond acceptors (Lipinski definition) is 1. The van der Waals surface area contributed by atoms with Gasteiger partial charge in [-0.3, -0.25) is 0 Å². The Morgan fingerprint density at radius 3 is 1.89 bits per heavy atom. The van der Waals surface area contributed by atoms with Crippen LogP contribution in [-0.2, 0) is 5.75 Å². The molecule has 2 heteroatoms. The van der Waals surface area contributed by atoms with Gasteiger partial charge in [0.1, 0.15) is 0 Å². The highest BCUT2D eigenvalue weighted by atomic mass is 32.2. The third-order valence-electron chi connectivity index (χ3n) is 1.33. The minimum atomic E-state index is 0. The third-order valence-corrected chi connectivity index (χ3v) is 2.41. The van der Waals surface area contributed by atoms with Crippen LogP contribution in [0.15, 0.2) is 29.2 Å². The summed E-state index contributed by atoms with van der Waals surface area (Å²) >= 11 is 1.92. The second-order valence-electron chi connectivity index (χ2n) is 1.93. The lowest BCUT2D eigenvalue weighted by molar-refractivity contribution is 1.29. The van der Waals surface area contributed by atoms with Crippen molar-refractivity contribution in [3.05, 3.63) is 29.8 Å². The molecule has 48 valence electrons. The molecule has 0 spiro atoms. The molecule has 9 heavy (non-hydrogen) atoms. The van der Waals surface area contributed by atoms with Crippen LogP contribution in [0.2, 0.25) is 0 Å². The van der Waals surface area contributed by atoms with Crippen molar-refractivity contribution in [2.24, 2.45) is 0 Å². The first-order valence-electron chi connectivity index (χ1n) is 2.67. The van der Waals surface area contributed by atoms with Crippen molar-refractivity contribution in [3.8, 4) is 0 Å². The molecule has 2 aliphatic heterocycles. The van der Waals surface area contributed by atoms with E-state index >= 15 is 0 Å². The second-order valence-corrected chi connectivity index (χ2v) is 2.98. The van der Waals surface area contributed by atoms with Crippen LogP contribution in [0.3, 0.4) is 0 Å². The van der Waals surface area contributed by atoms with Gasteiger partial charge in [0, 0.05) is 10.6 Å². The van der Waals surface area contributed by atoms with Crippen LogP contribution >= 0.6 is 25.3 Å². The molecule has 0 radical (unpaired) electrons. The zero-order valence-electron chi connectivity index (χ0n) is 4.92. The van der Waals surface area contributed by atoms with Gasteiger partial charge in [0.25, 0.3) is 0 Å². The molecule has 0 aliphatic carbocycles. The van der Waals surface area contributed by atoms with Crippen molar-refractivity contribution in [2.45, 2.75) is 10.6 Å². The van der Waals surface area contributed by atoms with E-state index in [1.165, 1.54) is 16.2 Å². The summed E-state index contributed by atoms with van der Waals surface area (Å²) in [5.74, 6) is 1.18. The van der Waals surface area contributed by atoms with Crippen molar-refractivity contribution in [3.63, 3.8) is 0 Å². The van der Waals surface area contributed by atoms with Gasteiger partial charge in [0.05, 0.1) is 0 Å². The van der Waals surface area contributed by atoms with E-state index in [4.69, 9.17) is 0 Å². The summed E-state index contributed by atoms with van der Waals surface area (Å²) in [7, 11) is 0. The van der Waals surface area contributed by atoms with Gasteiger partial charge in [-0.2, -0.15) is 13.5 Å². The van der Waals surface area contributed by atoms with Gasteiger partial charge < -0.3 is 0 Å². The highest BCUT2D eigenvalue weighted by Gasteiger charge is 2.01. The van der Waals surface area contributed by atoms with E-state index in [1.807, 2.05) is 11.8 Å². The lowest BCUT2D eigenvalue weighted by Crippen LogP contribution is -1.86. The van der Waals surface area contributed by atoms with Crippen molar-refractivity contribution in [2.75, 3.05) is 0 Å². The van der Waals surface area contributed by atoms with Crippen molar-refractivity contribution < 1.29 is 0 Å². The summed E-state index contributed by atoms with van der Waals surface area (Å²) in [5.41, 5.74) is 1.45. The van der Waals surface area contributed by atoms with Gasteiger partial charge in [0.2, 0.25) is 0 Å². The molecule has 0 nitrogen and oxygen atoms in total. The van der Waals surface area contributed by atoms with Crippen LogP contribution < -0.4 is 0 Å². The zero-order valence-corrected chi connectivity index (χ0v) is 6.74. The molecule has 0 unspecified atom stereocenters. The Kier molecular flexibility index (Phi) is 2.09. The monoisotopic (exact) mass is 156 g/mol. The third kappa shape index (κ3) is 1.25. The molecule has 0 aromatic heterocycles. The first-order valence-corrected chi connectivity index (χ1v) is 3.65. The molecule has 0 fully saturated rings. The Hall–Kier alpha value is -0.0800. The molecule has 1 aromatic rings. The molecule has 2 heterocycles. The standard InChI is InChI=1S/C7H6S.H2S/c1-3-7-4-2-6(1)5-8-7;/h1-4H,5H2;1H2. The lowest BCUT2D eigenvalue weighted by atomic mass is 10.2. The van der Waals surface area contributed by atoms with E-state index in [0.29, 0.717) is 0 Å². The number of benzene rings is 1. The molecule has 2 aliphatic rings. The van der Waals surface area contributed by atoms with E-state index in [9.17, 15) is 0 Å². The predicted octanol–water partition coefficient (Wildman–Crippen LogP) is 2.41. The molecule has 0 saturated heterocycles. The van der Waals surface area contributed by atoms with Crippen LogP contribution in [0, 0.1) is 0 Å². The van der Waals surface area contributed by atoms with E-state index in [0.717, 1.165) is 0 Å². The van der Waals surface area contributed by atoms with Crippen LogP contribution in [-0.4, -0.2) is 0 Å². The fourth-order valence-electron chi connectivity index (χ4n) is 0.849. The lowest BCUT2D eigenvalue weighted by Gasteiger charge is -2.08. The fraction of sp³-hybridized carbons (Fsp3) is 0.143. The van der Waals surface area contributed by atoms with Gasteiger partial charge in [-0.15, -0.1) is 11.8 Å². The summed E-state index contributed by atoms with van der Waals surface area (Å²) in [6.07, 6.45) is 0. The summed E-state index contributed by atoms with van der Waals surface area (Å²) in [4.78, 5) is 1.40. The molecule has 0 N–H and O–H groups in total. The molecule has 1 aromatic carbocycles. The maximum absolute atomic E-state index is 2.19. The Labute approximate surface area is 66.1 Å². The van der Waals surface area contributed by atoms with Crippen molar-refractivity contribution in [1.82, 2.24) is 0 Å². The molecule has 3 rings (SSSR count). The number of rotatable bonds is 0. The Bertz CT molecular complexity index is 168. The summed E-state index contributed by atoms with van der Waals surface area (Å²) in [6.45, 7) is 0.